The molecule has 2 amide bonds. The zero-order valence-corrected chi connectivity index (χ0v) is 21.8. The predicted molar refractivity (Wildman–Crippen MR) is 136 cm³/mol. The molecule has 3 aliphatic rings. The summed E-state index contributed by atoms with van der Waals surface area (Å²) in [5.41, 5.74) is 1.58. The molecule has 1 fully saturated rings. The molecule has 12 heteroatoms. The molecule has 2 atom stereocenters. The van der Waals surface area contributed by atoms with Crippen molar-refractivity contribution < 1.29 is 43.2 Å². The molecule has 1 aliphatic carbocycles. The molecule has 1 unspecified atom stereocenters. The van der Waals surface area contributed by atoms with Crippen LogP contribution < -0.4 is 14.4 Å². The third-order valence-corrected chi connectivity index (χ3v) is 7.21. The molecule has 1 N–H and O–H groups in total. The Morgan fingerprint density at radius 2 is 1.74 bits per heavy atom. The number of hydrogen-bond acceptors (Lipinski definition) is 9. The second kappa shape index (κ2) is 9.62. The number of nitrogens with zero attached hydrogens (tertiary/aromatic N) is 3. The van der Waals surface area contributed by atoms with E-state index in [9.17, 15) is 24.3 Å². The first-order valence-electron chi connectivity index (χ1n) is 12.0. The Bertz CT molecular complexity index is 1470. The van der Waals surface area contributed by atoms with Crippen LogP contribution in [0.1, 0.15) is 43.3 Å². The first-order valence-corrected chi connectivity index (χ1v) is 12.0. The average molecular weight is 538 g/mol. The number of carbonyl (C=O) groups excluding carboxylic acids is 4. The van der Waals surface area contributed by atoms with Gasteiger partial charge in [0.25, 0.3) is 5.91 Å². The standard InChI is InChI=1S/C27H27N3O9/c1-13-6-18-26(34)30(17-9-21(37-4)20(36-3)8-15(17)25(33)29(18)11-13)27(35)39-12-14-7-16-23(28(14)2)19(31)10-22(38-5)24(16)32/h7-10,18,26,34H,1,6,11-12H2,2-5H3/t18-,26?/m0/s1. The Kier molecular flexibility index (Phi) is 6.43. The Balaban J connectivity index is 1.50. The number of carbonyl (C=O) groups is 4. The first-order chi connectivity index (χ1) is 18.6. The second-order valence-electron chi connectivity index (χ2n) is 9.38. The van der Waals surface area contributed by atoms with Crippen molar-refractivity contribution in [1.82, 2.24) is 9.47 Å². The number of fused-ring (bicyclic) bond motifs is 3. The van der Waals surface area contributed by atoms with Gasteiger partial charge in [0.15, 0.2) is 23.5 Å². The molecule has 12 nitrogen and oxygen atoms in total. The maximum Gasteiger partial charge on any atom is 0.416 e. The Hall–Kier alpha value is -4.58. The summed E-state index contributed by atoms with van der Waals surface area (Å²) >= 11 is 0. The van der Waals surface area contributed by atoms with E-state index >= 15 is 0 Å². The minimum atomic E-state index is -1.46. The van der Waals surface area contributed by atoms with Crippen LogP contribution in [0.25, 0.3) is 0 Å². The van der Waals surface area contributed by atoms with Gasteiger partial charge in [-0.05, 0) is 18.6 Å². The van der Waals surface area contributed by atoms with E-state index in [4.69, 9.17) is 18.9 Å². The quantitative estimate of drug-likeness (QED) is 0.569. The van der Waals surface area contributed by atoms with Gasteiger partial charge in [-0.3, -0.25) is 14.4 Å². The molecule has 204 valence electrons. The summed E-state index contributed by atoms with van der Waals surface area (Å²) in [6, 6.07) is 3.60. The summed E-state index contributed by atoms with van der Waals surface area (Å²) in [6.45, 7) is 3.85. The monoisotopic (exact) mass is 537 g/mol. The topological polar surface area (TPSA) is 137 Å². The molecular weight excluding hydrogens is 510 g/mol. The van der Waals surface area contributed by atoms with Crippen LogP contribution in [0.15, 0.2) is 42.2 Å². The molecule has 0 spiro atoms. The summed E-state index contributed by atoms with van der Waals surface area (Å²) in [5, 5.41) is 11.4. The molecule has 3 heterocycles. The summed E-state index contributed by atoms with van der Waals surface area (Å²) in [4.78, 5) is 54.8. The van der Waals surface area contributed by atoms with Gasteiger partial charge in [-0.25, -0.2) is 9.69 Å². The summed E-state index contributed by atoms with van der Waals surface area (Å²) < 4.78 is 22.8. The lowest BCUT2D eigenvalue weighted by Gasteiger charge is -2.31. The largest absolute Gasteiger partial charge is 0.493 e. The van der Waals surface area contributed by atoms with E-state index < -0.39 is 35.8 Å². The molecule has 1 saturated heterocycles. The normalized spacial score (nSPS) is 20.2. The first kappa shape index (κ1) is 26.0. The highest BCUT2D eigenvalue weighted by molar-refractivity contribution is 6.23. The van der Waals surface area contributed by atoms with Crippen LogP contribution in [-0.2, 0) is 23.1 Å². The minimum absolute atomic E-state index is 0.0808. The van der Waals surface area contributed by atoms with Gasteiger partial charge in [0.1, 0.15) is 12.3 Å². The smallest absolute Gasteiger partial charge is 0.416 e. The number of ketones is 2. The third kappa shape index (κ3) is 4.04. The predicted octanol–water partition coefficient (Wildman–Crippen LogP) is 2.20. The van der Waals surface area contributed by atoms with Crippen molar-refractivity contribution in [3.05, 3.63) is 64.7 Å². The molecular formula is C27H27N3O9. The van der Waals surface area contributed by atoms with E-state index in [0.29, 0.717) is 12.1 Å². The fourth-order valence-corrected chi connectivity index (χ4v) is 5.24. The van der Waals surface area contributed by atoms with Crippen molar-refractivity contribution in [1.29, 1.82) is 0 Å². The molecule has 5 rings (SSSR count). The number of benzene rings is 1. The SMILES string of the molecule is C=C1C[C@H]2C(O)N(C(=O)OCc3cc4c(n3C)C(=O)C=C(OC)C4=O)c3cc(OC)c(OC)cc3C(=O)N2C1. The average Bonchev–Trinajstić information content (AvgIpc) is 3.46. The number of amides is 2. The molecule has 0 bridgehead atoms. The number of rotatable bonds is 5. The Morgan fingerprint density at radius 3 is 2.41 bits per heavy atom. The van der Waals surface area contributed by atoms with Crippen LogP contribution in [0.3, 0.4) is 0 Å². The number of methoxy groups -OCH3 is 3. The van der Waals surface area contributed by atoms with Crippen molar-refractivity contribution in [2.75, 3.05) is 32.8 Å². The van der Waals surface area contributed by atoms with E-state index in [1.165, 1.54) is 49.0 Å². The van der Waals surface area contributed by atoms with Gasteiger partial charge < -0.3 is 33.5 Å². The van der Waals surface area contributed by atoms with Crippen LogP contribution >= 0.6 is 0 Å². The summed E-state index contributed by atoms with van der Waals surface area (Å²) in [6.07, 6.45) is -0.998. The van der Waals surface area contributed by atoms with Gasteiger partial charge in [0.2, 0.25) is 11.6 Å². The van der Waals surface area contributed by atoms with Crippen molar-refractivity contribution in [2.45, 2.75) is 25.3 Å². The second-order valence-corrected chi connectivity index (χ2v) is 9.38. The number of ether oxygens (including phenoxy) is 4. The van der Waals surface area contributed by atoms with Crippen molar-refractivity contribution in [3.8, 4) is 11.5 Å². The van der Waals surface area contributed by atoms with Crippen molar-refractivity contribution >= 4 is 29.3 Å². The van der Waals surface area contributed by atoms with Crippen LogP contribution in [0.2, 0.25) is 0 Å². The number of aliphatic hydroxyl groups excluding tert-OH is 1. The maximum absolute atomic E-state index is 13.6. The number of aromatic nitrogens is 1. The number of aliphatic hydroxyl groups is 1. The molecule has 39 heavy (non-hydrogen) atoms. The lowest BCUT2D eigenvalue weighted by Crippen LogP contribution is -2.50. The number of allylic oxidation sites excluding steroid dienone is 2. The zero-order chi connectivity index (χ0) is 28.2. The minimum Gasteiger partial charge on any atom is -0.493 e. The van der Waals surface area contributed by atoms with Crippen LogP contribution in [0.4, 0.5) is 10.5 Å². The number of Topliss-reactive ketones (excluding diaryl/α,β-unsaturated/α-hetero) is 1. The van der Waals surface area contributed by atoms with Crippen LogP contribution in [-0.4, -0.2) is 78.3 Å². The summed E-state index contributed by atoms with van der Waals surface area (Å²) in [7, 11) is 5.71. The lowest BCUT2D eigenvalue weighted by atomic mass is 10.0. The van der Waals surface area contributed by atoms with E-state index in [2.05, 4.69) is 6.58 Å². The van der Waals surface area contributed by atoms with E-state index in [1.807, 2.05) is 0 Å². The Morgan fingerprint density at radius 1 is 1.05 bits per heavy atom. The molecule has 2 aromatic rings. The molecule has 2 aliphatic heterocycles. The van der Waals surface area contributed by atoms with Gasteiger partial charge in [0, 0.05) is 25.7 Å². The lowest BCUT2D eigenvalue weighted by molar-refractivity contribution is 0.0484. The highest BCUT2D eigenvalue weighted by atomic mass is 16.6. The van der Waals surface area contributed by atoms with E-state index in [-0.39, 0.29) is 52.9 Å². The molecule has 0 saturated carbocycles. The van der Waals surface area contributed by atoms with Crippen LogP contribution in [0.5, 0.6) is 11.5 Å². The van der Waals surface area contributed by atoms with Gasteiger partial charge >= 0.3 is 6.09 Å². The van der Waals surface area contributed by atoms with Gasteiger partial charge in [-0.2, -0.15) is 0 Å². The molecule has 1 aromatic carbocycles. The number of anilines is 1. The summed E-state index contributed by atoms with van der Waals surface area (Å²) in [5.74, 6) is -0.844. The van der Waals surface area contributed by atoms with Gasteiger partial charge in [-0.15, -0.1) is 0 Å². The fraction of sp³-hybridized carbons (Fsp3) is 0.333. The highest BCUT2D eigenvalue weighted by Gasteiger charge is 2.46. The number of hydrogen-bond donors (Lipinski definition) is 1. The van der Waals surface area contributed by atoms with Crippen LogP contribution in [0, 0.1) is 0 Å². The van der Waals surface area contributed by atoms with Crippen molar-refractivity contribution in [2.24, 2.45) is 7.05 Å². The fourth-order valence-electron chi connectivity index (χ4n) is 5.24. The van der Waals surface area contributed by atoms with Gasteiger partial charge in [-0.1, -0.05) is 12.2 Å². The molecule has 0 radical (unpaired) electrons. The van der Waals surface area contributed by atoms with Crippen molar-refractivity contribution in [3.63, 3.8) is 0 Å². The van der Waals surface area contributed by atoms with E-state index in [1.54, 1.807) is 7.05 Å². The van der Waals surface area contributed by atoms with E-state index in [0.717, 1.165) is 16.5 Å². The van der Waals surface area contributed by atoms with Gasteiger partial charge in [0.05, 0.1) is 49.9 Å². The molecule has 1 aromatic heterocycles. The highest BCUT2D eigenvalue weighted by Crippen LogP contribution is 2.41. The zero-order valence-electron chi connectivity index (χ0n) is 21.8. The third-order valence-electron chi connectivity index (χ3n) is 7.21. The Labute approximate surface area is 223 Å². The maximum atomic E-state index is 13.6.